The van der Waals surface area contributed by atoms with E-state index < -0.39 is 22.0 Å². The van der Waals surface area contributed by atoms with Gasteiger partial charge in [0.2, 0.25) is 10.0 Å². The van der Waals surface area contributed by atoms with Crippen molar-refractivity contribution in [2.45, 2.75) is 44.0 Å². The van der Waals surface area contributed by atoms with Crippen LogP contribution >= 0.6 is 11.3 Å². The lowest BCUT2D eigenvalue weighted by Crippen LogP contribution is -2.36. The molecular weight excluding hydrogens is 516 g/mol. The fourth-order valence-corrected chi connectivity index (χ4v) is 7.29. The van der Waals surface area contributed by atoms with Crippen LogP contribution in [0.4, 0.5) is 9.80 Å². The molecule has 3 heterocycles. The van der Waals surface area contributed by atoms with Gasteiger partial charge >= 0.3 is 6.09 Å². The molecule has 1 aromatic carbocycles. The number of nitrogens with one attached hydrogen (secondary N) is 1. The SMILES string of the molecule is CCOC(=O)N1CCc2c(sc(NC(=O)c3ccc(S(=O)(=O)N4CCCCC4)cc3)c2C(=O)N(C)C)C1. The number of benzene rings is 1. The molecule has 0 radical (unpaired) electrons. The average molecular weight is 549 g/mol. The van der Waals surface area contributed by atoms with Crippen LogP contribution < -0.4 is 5.32 Å². The van der Waals surface area contributed by atoms with Crippen LogP contribution in [-0.4, -0.2) is 80.8 Å². The molecule has 1 fully saturated rings. The summed E-state index contributed by atoms with van der Waals surface area (Å²) in [5.74, 6) is -0.684. The molecule has 2 aliphatic heterocycles. The van der Waals surface area contributed by atoms with E-state index in [1.54, 1.807) is 25.9 Å². The van der Waals surface area contributed by atoms with Gasteiger partial charge in [0.25, 0.3) is 11.8 Å². The first-order valence-electron chi connectivity index (χ1n) is 12.3. The van der Waals surface area contributed by atoms with Gasteiger partial charge in [-0.15, -0.1) is 11.3 Å². The fourth-order valence-electron chi connectivity index (χ4n) is 4.52. The first-order valence-corrected chi connectivity index (χ1v) is 14.6. The number of piperidine rings is 1. The Hall–Kier alpha value is -2.96. The van der Waals surface area contributed by atoms with Gasteiger partial charge < -0.3 is 19.9 Å². The molecule has 10 nitrogen and oxygen atoms in total. The van der Waals surface area contributed by atoms with Crippen molar-refractivity contribution >= 4 is 44.3 Å². The third-order valence-electron chi connectivity index (χ3n) is 6.50. The summed E-state index contributed by atoms with van der Waals surface area (Å²) < 4.78 is 32.4. The Morgan fingerprint density at radius 2 is 1.73 bits per heavy atom. The number of sulfonamides is 1. The van der Waals surface area contributed by atoms with E-state index in [0.717, 1.165) is 29.7 Å². The number of anilines is 1. The molecule has 37 heavy (non-hydrogen) atoms. The van der Waals surface area contributed by atoms with Crippen LogP contribution in [-0.2, 0) is 27.7 Å². The van der Waals surface area contributed by atoms with Crippen molar-refractivity contribution in [2.75, 3.05) is 45.7 Å². The number of hydrogen-bond donors (Lipinski definition) is 1. The molecule has 0 atom stereocenters. The van der Waals surface area contributed by atoms with Gasteiger partial charge in [0.15, 0.2) is 0 Å². The summed E-state index contributed by atoms with van der Waals surface area (Å²) >= 11 is 1.26. The second kappa shape index (κ2) is 11.2. The predicted molar refractivity (Wildman–Crippen MR) is 140 cm³/mol. The van der Waals surface area contributed by atoms with Crippen LogP contribution in [0.2, 0.25) is 0 Å². The van der Waals surface area contributed by atoms with Crippen LogP contribution in [0, 0.1) is 0 Å². The number of rotatable bonds is 6. The van der Waals surface area contributed by atoms with Gasteiger partial charge in [0.05, 0.1) is 23.6 Å². The lowest BCUT2D eigenvalue weighted by Gasteiger charge is -2.26. The van der Waals surface area contributed by atoms with E-state index in [1.165, 1.54) is 44.8 Å². The Morgan fingerprint density at radius 3 is 2.35 bits per heavy atom. The minimum atomic E-state index is -3.60. The van der Waals surface area contributed by atoms with Gasteiger partial charge in [-0.2, -0.15) is 4.31 Å². The number of fused-ring (bicyclic) bond motifs is 1. The Bertz CT molecular complexity index is 1280. The number of thiophene rings is 1. The number of ether oxygens (including phenoxy) is 1. The molecular formula is C25H32N4O6S2. The number of carbonyl (C=O) groups is 3. The van der Waals surface area contributed by atoms with Crippen LogP contribution in [0.3, 0.4) is 0 Å². The highest BCUT2D eigenvalue weighted by atomic mass is 32.2. The maximum Gasteiger partial charge on any atom is 0.410 e. The quantitative estimate of drug-likeness (QED) is 0.592. The lowest BCUT2D eigenvalue weighted by molar-refractivity contribution is 0.0827. The monoisotopic (exact) mass is 548 g/mol. The lowest BCUT2D eigenvalue weighted by atomic mass is 10.0. The third kappa shape index (κ3) is 5.65. The zero-order valence-electron chi connectivity index (χ0n) is 21.3. The Labute approximate surface area is 221 Å². The molecule has 1 N–H and O–H groups in total. The molecule has 1 saturated heterocycles. The summed E-state index contributed by atoms with van der Waals surface area (Å²) in [5, 5.41) is 3.26. The molecule has 3 amide bonds. The summed E-state index contributed by atoms with van der Waals surface area (Å²) in [4.78, 5) is 42.4. The molecule has 0 spiro atoms. The number of carbonyl (C=O) groups excluding carboxylic acids is 3. The van der Waals surface area contributed by atoms with E-state index in [9.17, 15) is 22.8 Å². The standard InChI is InChI=1S/C25H32N4O6S2/c1-4-35-25(32)28-15-12-19-20(16-28)36-23(21(19)24(31)27(2)3)26-22(30)17-8-10-18(11-9-17)37(33,34)29-13-6-5-7-14-29/h8-11H,4-7,12-16H2,1-3H3,(H,26,30). The molecule has 0 aliphatic carbocycles. The van der Waals surface area contributed by atoms with Gasteiger partial charge in [-0.25, -0.2) is 13.2 Å². The van der Waals surface area contributed by atoms with Gasteiger partial charge in [-0.05, 0) is 56.0 Å². The van der Waals surface area contributed by atoms with Crippen LogP contribution in [0.15, 0.2) is 29.2 Å². The molecule has 1 aromatic heterocycles. The molecule has 4 rings (SSSR count). The van der Waals surface area contributed by atoms with Crippen molar-refractivity contribution in [3.05, 3.63) is 45.8 Å². The van der Waals surface area contributed by atoms with Crippen LogP contribution in [0.5, 0.6) is 0 Å². The molecule has 0 saturated carbocycles. The maximum atomic E-state index is 13.1. The van der Waals surface area contributed by atoms with Crippen LogP contribution in [0.25, 0.3) is 0 Å². The summed E-state index contributed by atoms with van der Waals surface area (Å²) in [6.07, 6.45) is 2.77. The van der Waals surface area contributed by atoms with Gasteiger partial charge in [-0.3, -0.25) is 9.59 Å². The zero-order chi connectivity index (χ0) is 26.7. The van der Waals surface area contributed by atoms with Crippen molar-refractivity contribution in [2.24, 2.45) is 0 Å². The normalized spacial score (nSPS) is 16.1. The topological polar surface area (TPSA) is 116 Å². The number of hydrogen-bond acceptors (Lipinski definition) is 7. The van der Waals surface area contributed by atoms with E-state index in [1.807, 2.05) is 0 Å². The fraction of sp³-hybridized carbons (Fsp3) is 0.480. The van der Waals surface area contributed by atoms with Crippen molar-refractivity contribution in [3.63, 3.8) is 0 Å². The van der Waals surface area contributed by atoms with E-state index in [0.29, 0.717) is 43.2 Å². The zero-order valence-corrected chi connectivity index (χ0v) is 22.9. The van der Waals surface area contributed by atoms with Gasteiger partial charge in [0.1, 0.15) is 5.00 Å². The summed E-state index contributed by atoms with van der Waals surface area (Å²) in [7, 11) is -0.306. The highest BCUT2D eigenvalue weighted by molar-refractivity contribution is 7.89. The minimum absolute atomic E-state index is 0.153. The first-order chi connectivity index (χ1) is 17.6. The molecule has 200 valence electrons. The molecule has 0 bridgehead atoms. The van der Waals surface area contributed by atoms with Crippen molar-refractivity contribution in [1.82, 2.24) is 14.1 Å². The van der Waals surface area contributed by atoms with Gasteiger partial charge in [0, 0.05) is 44.2 Å². The summed E-state index contributed by atoms with van der Waals surface area (Å²) in [6.45, 7) is 3.74. The highest BCUT2D eigenvalue weighted by Gasteiger charge is 2.32. The van der Waals surface area contributed by atoms with E-state index in [-0.39, 0.29) is 23.0 Å². The third-order valence-corrected chi connectivity index (χ3v) is 9.54. The summed E-state index contributed by atoms with van der Waals surface area (Å²) in [6, 6.07) is 5.86. The number of nitrogens with zero attached hydrogens (tertiary/aromatic N) is 3. The number of amides is 3. The van der Waals surface area contributed by atoms with E-state index in [4.69, 9.17) is 4.74 Å². The Kier molecular flexibility index (Phi) is 8.20. The smallest absolute Gasteiger partial charge is 0.410 e. The van der Waals surface area contributed by atoms with E-state index >= 15 is 0 Å². The minimum Gasteiger partial charge on any atom is -0.450 e. The summed E-state index contributed by atoms with van der Waals surface area (Å²) in [5.41, 5.74) is 1.52. The highest BCUT2D eigenvalue weighted by Crippen LogP contribution is 2.38. The molecule has 2 aromatic rings. The van der Waals surface area contributed by atoms with Crippen molar-refractivity contribution < 1.29 is 27.5 Å². The molecule has 0 unspecified atom stereocenters. The van der Waals surface area contributed by atoms with Gasteiger partial charge in [-0.1, -0.05) is 6.42 Å². The Morgan fingerprint density at radius 1 is 1.05 bits per heavy atom. The second-order valence-corrected chi connectivity index (χ2v) is 12.3. The van der Waals surface area contributed by atoms with E-state index in [2.05, 4.69) is 5.32 Å². The average Bonchev–Trinajstić information content (AvgIpc) is 3.25. The van der Waals surface area contributed by atoms with Crippen molar-refractivity contribution in [1.29, 1.82) is 0 Å². The van der Waals surface area contributed by atoms with Crippen LogP contribution in [0.1, 0.15) is 57.3 Å². The second-order valence-electron chi connectivity index (χ2n) is 9.22. The maximum absolute atomic E-state index is 13.1. The molecule has 12 heteroatoms. The van der Waals surface area contributed by atoms with Crippen molar-refractivity contribution in [3.8, 4) is 0 Å². The predicted octanol–water partition coefficient (Wildman–Crippen LogP) is 3.39. The first kappa shape index (κ1) is 27.1. The largest absolute Gasteiger partial charge is 0.450 e. The molecule has 2 aliphatic rings. The Balaban J connectivity index is 1.56.